The molecule has 0 aliphatic carbocycles. The van der Waals surface area contributed by atoms with Gasteiger partial charge in [0.1, 0.15) is 0 Å². The van der Waals surface area contributed by atoms with Gasteiger partial charge < -0.3 is 4.74 Å². The topological polar surface area (TPSA) is 25.4 Å². The van der Waals surface area contributed by atoms with Crippen LogP contribution in [0.3, 0.4) is 0 Å². The van der Waals surface area contributed by atoms with Crippen molar-refractivity contribution in [3.63, 3.8) is 0 Å². The van der Waals surface area contributed by atoms with Gasteiger partial charge in [-0.1, -0.05) is 6.07 Å². The molecule has 0 N–H and O–H groups in total. The average Bonchev–Trinajstić information content (AvgIpc) is 2.82. The van der Waals surface area contributed by atoms with Gasteiger partial charge >= 0.3 is 0 Å². The average molecular weight is 234 g/mol. The van der Waals surface area contributed by atoms with Gasteiger partial charge in [0.25, 0.3) is 0 Å². The van der Waals surface area contributed by atoms with E-state index >= 15 is 0 Å². The Labute approximate surface area is 104 Å². The molecule has 1 aliphatic heterocycles. The van der Waals surface area contributed by atoms with E-state index in [0.29, 0.717) is 12.1 Å². The molecule has 3 heteroatoms. The molecule has 1 aromatic heterocycles. The molecule has 94 valence electrons. The van der Waals surface area contributed by atoms with Crippen molar-refractivity contribution in [2.45, 2.75) is 45.4 Å². The number of hydrogen-bond donors (Lipinski definition) is 0. The maximum Gasteiger partial charge on any atom is 0.0703 e. The van der Waals surface area contributed by atoms with Crippen molar-refractivity contribution in [3.05, 3.63) is 30.1 Å². The second-order valence-electron chi connectivity index (χ2n) is 4.98. The minimum absolute atomic E-state index is 0.418. The first kappa shape index (κ1) is 12.5. The number of ether oxygens (including phenoxy) is 1. The van der Waals surface area contributed by atoms with Crippen LogP contribution in [-0.2, 0) is 11.3 Å². The predicted molar refractivity (Wildman–Crippen MR) is 68.8 cm³/mol. The van der Waals surface area contributed by atoms with E-state index < -0.39 is 0 Å². The van der Waals surface area contributed by atoms with Crippen LogP contribution in [0.5, 0.6) is 0 Å². The van der Waals surface area contributed by atoms with Crippen molar-refractivity contribution in [1.29, 1.82) is 0 Å². The molecular weight excluding hydrogens is 212 g/mol. The summed E-state index contributed by atoms with van der Waals surface area (Å²) in [5, 5.41) is 0. The van der Waals surface area contributed by atoms with Crippen LogP contribution in [-0.4, -0.2) is 35.2 Å². The van der Waals surface area contributed by atoms with E-state index in [1.165, 1.54) is 12.8 Å². The molecule has 1 aromatic rings. The summed E-state index contributed by atoms with van der Waals surface area (Å²) < 4.78 is 5.71. The Hall–Kier alpha value is -0.930. The van der Waals surface area contributed by atoms with E-state index in [0.717, 1.165) is 25.4 Å². The molecule has 0 saturated carbocycles. The maximum atomic E-state index is 5.71. The van der Waals surface area contributed by atoms with Crippen molar-refractivity contribution in [1.82, 2.24) is 9.88 Å². The van der Waals surface area contributed by atoms with Gasteiger partial charge in [-0.3, -0.25) is 9.88 Å². The molecule has 2 heterocycles. The summed E-state index contributed by atoms with van der Waals surface area (Å²) in [6.45, 7) is 7.34. The number of aromatic nitrogens is 1. The highest BCUT2D eigenvalue weighted by atomic mass is 16.5. The van der Waals surface area contributed by atoms with Crippen molar-refractivity contribution in [2.24, 2.45) is 0 Å². The van der Waals surface area contributed by atoms with E-state index in [2.05, 4.69) is 29.8 Å². The first-order chi connectivity index (χ1) is 8.25. The Morgan fingerprint density at radius 2 is 2.35 bits per heavy atom. The Bertz CT molecular complexity index is 320. The van der Waals surface area contributed by atoms with Crippen LogP contribution in [0.4, 0.5) is 0 Å². The lowest BCUT2D eigenvalue weighted by Gasteiger charge is -2.28. The van der Waals surface area contributed by atoms with Gasteiger partial charge in [-0.15, -0.1) is 0 Å². The van der Waals surface area contributed by atoms with Gasteiger partial charge in [0.05, 0.1) is 11.8 Å². The summed E-state index contributed by atoms with van der Waals surface area (Å²) in [6.07, 6.45) is 4.69. The van der Waals surface area contributed by atoms with Crippen LogP contribution < -0.4 is 0 Å². The molecule has 0 bridgehead atoms. The fraction of sp³-hybridized carbons (Fsp3) is 0.643. The summed E-state index contributed by atoms with van der Waals surface area (Å²) in [5.74, 6) is 0. The largest absolute Gasteiger partial charge is 0.377 e. The number of nitrogens with zero attached hydrogens (tertiary/aromatic N) is 2. The fourth-order valence-electron chi connectivity index (χ4n) is 2.21. The summed E-state index contributed by atoms with van der Waals surface area (Å²) >= 11 is 0. The van der Waals surface area contributed by atoms with Crippen LogP contribution in [0.1, 0.15) is 32.4 Å². The molecule has 0 amide bonds. The lowest BCUT2D eigenvalue weighted by Crippen LogP contribution is -2.37. The monoisotopic (exact) mass is 234 g/mol. The minimum atomic E-state index is 0.418. The summed E-state index contributed by atoms with van der Waals surface area (Å²) in [5.41, 5.74) is 1.14. The molecule has 17 heavy (non-hydrogen) atoms. The van der Waals surface area contributed by atoms with Crippen LogP contribution >= 0.6 is 0 Å². The lowest BCUT2D eigenvalue weighted by molar-refractivity contribution is 0.0588. The zero-order valence-electron chi connectivity index (χ0n) is 10.8. The van der Waals surface area contributed by atoms with Gasteiger partial charge in [0.2, 0.25) is 0 Å². The number of rotatable bonds is 5. The van der Waals surface area contributed by atoms with Crippen LogP contribution in [0.15, 0.2) is 24.4 Å². The van der Waals surface area contributed by atoms with Crippen LogP contribution in [0, 0.1) is 0 Å². The quantitative estimate of drug-likeness (QED) is 0.782. The van der Waals surface area contributed by atoms with Gasteiger partial charge in [0, 0.05) is 31.9 Å². The Balaban J connectivity index is 1.92. The van der Waals surface area contributed by atoms with Crippen molar-refractivity contribution >= 4 is 0 Å². The molecule has 0 aromatic carbocycles. The third-order valence-corrected chi connectivity index (χ3v) is 3.28. The van der Waals surface area contributed by atoms with Gasteiger partial charge in [0.15, 0.2) is 0 Å². The molecule has 1 atom stereocenters. The maximum absolute atomic E-state index is 5.71. The summed E-state index contributed by atoms with van der Waals surface area (Å²) in [7, 11) is 0. The third-order valence-electron chi connectivity index (χ3n) is 3.28. The second-order valence-corrected chi connectivity index (χ2v) is 4.98. The SMILES string of the molecule is CC(C)N(Cc1ccccn1)CC1CCCO1. The Morgan fingerprint density at radius 1 is 1.47 bits per heavy atom. The first-order valence-corrected chi connectivity index (χ1v) is 6.51. The van der Waals surface area contributed by atoms with Crippen molar-refractivity contribution in [2.75, 3.05) is 13.2 Å². The van der Waals surface area contributed by atoms with E-state index in [1.54, 1.807) is 0 Å². The second kappa shape index (κ2) is 6.12. The van der Waals surface area contributed by atoms with Crippen LogP contribution in [0.25, 0.3) is 0 Å². The standard InChI is InChI=1S/C14H22N2O/c1-12(2)16(11-14-7-5-9-17-14)10-13-6-3-4-8-15-13/h3-4,6,8,12,14H,5,7,9-11H2,1-2H3. The molecular formula is C14H22N2O. The smallest absolute Gasteiger partial charge is 0.0703 e. The highest BCUT2D eigenvalue weighted by Crippen LogP contribution is 2.16. The summed E-state index contributed by atoms with van der Waals surface area (Å²) in [6, 6.07) is 6.63. The lowest BCUT2D eigenvalue weighted by atomic mass is 10.2. The van der Waals surface area contributed by atoms with Crippen molar-refractivity contribution < 1.29 is 4.74 Å². The van der Waals surface area contributed by atoms with E-state index in [4.69, 9.17) is 4.74 Å². The van der Waals surface area contributed by atoms with Crippen molar-refractivity contribution in [3.8, 4) is 0 Å². The molecule has 1 unspecified atom stereocenters. The molecule has 1 fully saturated rings. The zero-order chi connectivity index (χ0) is 12.1. The first-order valence-electron chi connectivity index (χ1n) is 6.51. The molecule has 1 aliphatic rings. The van der Waals surface area contributed by atoms with E-state index in [-0.39, 0.29) is 0 Å². The molecule has 0 radical (unpaired) electrons. The van der Waals surface area contributed by atoms with Gasteiger partial charge in [-0.25, -0.2) is 0 Å². The number of hydrogen-bond acceptors (Lipinski definition) is 3. The van der Waals surface area contributed by atoms with Gasteiger partial charge in [-0.05, 0) is 38.8 Å². The summed E-state index contributed by atoms with van der Waals surface area (Å²) in [4.78, 5) is 6.84. The predicted octanol–water partition coefficient (Wildman–Crippen LogP) is 2.47. The molecule has 1 saturated heterocycles. The zero-order valence-corrected chi connectivity index (χ0v) is 10.8. The third kappa shape index (κ3) is 3.79. The highest BCUT2D eigenvalue weighted by Gasteiger charge is 2.21. The number of pyridine rings is 1. The minimum Gasteiger partial charge on any atom is -0.377 e. The van der Waals surface area contributed by atoms with Crippen LogP contribution in [0.2, 0.25) is 0 Å². The van der Waals surface area contributed by atoms with E-state index in [9.17, 15) is 0 Å². The Morgan fingerprint density at radius 3 is 2.94 bits per heavy atom. The highest BCUT2D eigenvalue weighted by molar-refractivity contribution is 5.03. The molecule has 0 spiro atoms. The molecule has 3 nitrogen and oxygen atoms in total. The molecule has 2 rings (SSSR count). The Kier molecular flexibility index (Phi) is 4.51. The fourth-order valence-corrected chi connectivity index (χ4v) is 2.21. The van der Waals surface area contributed by atoms with E-state index in [1.807, 2.05) is 18.3 Å². The normalized spacial score (nSPS) is 20.4. The van der Waals surface area contributed by atoms with Gasteiger partial charge in [-0.2, -0.15) is 0 Å².